The van der Waals surface area contributed by atoms with Crippen molar-refractivity contribution in [2.45, 2.75) is 39.5 Å². The second kappa shape index (κ2) is 16.1. The second-order valence-electron chi connectivity index (χ2n) is 16.1. The Bertz CT molecular complexity index is 3070. The predicted molar refractivity (Wildman–Crippen MR) is 250 cm³/mol. The van der Waals surface area contributed by atoms with Crippen LogP contribution in [0.15, 0.2) is 164 Å². The molecule has 2 aromatic heterocycles. The van der Waals surface area contributed by atoms with Crippen molar-refractivity contribution >= 4 is 72.9 Å². The Balaban J connectivity index is 0.000000156. The van der Waals surface area contributed by atoms with E-state index >= 15 is 0 Å². The van der Waals surface area contributed by atoms with E-state index in [0.29, 0.717) is 11.8 Å². The molecule has 2 aliphatic heterocycles. The fourth-order valence-corrected chi connectivity index (χ4v) is 9.32. The van der Waals surface area contributed by atoms with Crippen LogP contribution < -0.4 is 15.2 Å². The Morgan fingerprint density at radius 1 is 0.583 bits per heavy atom. The summed E-state index contributed by atoms with van der Waals surface area (Å²) in [5.41, 5.74) is 11.1. The van der Waals surface area contributed by atoms with Crippen LogP contribution in [0.4, 0.5) is 17.1 Å². The first kappa shape index (κ1) is 39.2. The molecule has 0 amide bonds. The van der Waals surface area contributed by atoms with E-state index < -0.39 is 0 Å². The van der Waals surface area contributed by atoms with E-state index in [1.165, 1.54) is 65.6 Å². The topological polar surface area (TPSA) is 29.2 Å². The minimum absolute atomic E-state index is 0. The molecule has 0 unspecified atom stereocenters. The molecule has 7 aromatic carbocycles. The van der Waals surface area contributed by atoms with Gasteiger partial charge in [-0.3, -0.25) is 4.98 Å². The maximum absolute atomic E-state index is 4.66. The van der Waals surface area contributed by atoms with Crippen molar-refractivity contribution < 1.29 is 20.1 Å². The molecule has 5 nitrogen and oxygen atoms in total. The molecule has 11 rings (SSSR count). The molecule has 9 aromatic rings. The normalized spacial score (nSPS) is 12.6. The molecule has 294 valence electrons. The number of benzene rings is 7. The van der Waals surface area contributed by atoms with Crippen LogP contribution in [0.25, 0.3) is 54.7 Å². The quantitative estimate of drug-likeness (QED) is 0.130. The van der Waals surface area contributed by atoms with Crippen LogP contribution in [-0.4, -0.2) is 28.1 Å². The zero-order valence-electron chi connectivity index (χ0n) is 34.5. The van der Waals surface area contributed by atoms with Crippen LogP contribution in [0.5, 0.6) is 0 Å². The fraction of sp³-hybridized carbons (Fsp3) is 0.132. The minimum Gasteiger partial charge on any atom is -0.459 e. The number of rotatable bonds is 4. The molecule has 7 heteroatoms. The van der Waals surface area contributed by atoms with Gasteiger partial charge in [0.15, 0.2) is 0 Å². The maximum atomic E-state index is 4.66. The van der Waals surface area contributed by atoms with Crippen molar-refractivity contribution in [2.24, 2.45) is 0 Å². The maximum Gasteiger partial charge on any atom is 3.00 e. The van der Waals surface area contributed by atoms with Crippen molar-refractivity contribution in [3.8, 4) is 11.4 Å². The molecule has 0 bridgehead atoms. The third kappa shape index (κ3) is 6.45. The van der Waals surface area contributed by atoms with Gasteiger partial charge < -0.3 is 18.8 Å². The van der Waals surface area contributed by atoms with Gasteiger partial charge in [-0.1, -0.05) is 153 Å². The molecule has 0 N–H and O–H groups in total. The zero-order valence-corrected chi connectivity index (χ0v) is 36.9. The van der Waals surface area contributed by atoms with Crippen LogP contribution in [0.2, 0.25) is 0 Å². The molecule has 0 spiro atoms. The van der Waals surface area contributed by atoms with Crippen LogP contribution in [-0.2, 0) is 20.1 Å². The number of imidazole rings is 1. The van der Waals surface area contributed by atoms with Crippen LogP contribution >= 0.6 is 0 Å². The number of anilines is 3. The largest absolute Gasteiger partial charge is 3.00 e. The molecule has 2 aliphatic rings. The van der Waals surface area contributed by atoms with Crippen molar-refractivity contribution in [3.05, 3.63) is 194 Å². The molecule has 0 radical (unpaired) electrons. The molecule has 4 heterocycles. The van der Waals surface area contributed by atoms with Gasteiger partial charge in [0.2, 0.25) is 0 Å². The number of fused-ring (bicyclic) bond motifs is 10. The van der Waals surface area contributed by atoms with Gasteiger partial charge in [-0.2, -0.15) is 24.3 Å². The summed E-state index contributed by atoms with van der Waals surface area (Å²) in [6.45, 7) is 11.4. The average molecular weight is 955 g/mol. The zero-order chi connectivity index (χ0) is 40.2. The van der Waals surface area contributed by atoms with Crippen molar-refractivity contribution in [1.82, 2.24) is 14.0 Å². The average Bonchev–Trinajstić information content (AvgIpc) is 3.93. The third-order valence-electron chi connectivity index (χ3n) is 12.0. The molecule has 0 aliphatic carbocycles. The van der Waals surface area contributed by atoms with E-state index in [4.69, 9.17) is 0 Å². The fourth-order valence-electron chi connectivity index (χ4n) is 9.32. The van der Waals surface area contributed by atoms with E-state index in [2.05, 4.69) is 217 Å². The molecule has 0 atom stereocenters. The first-order valence-electron chi connectivity index (χ1n) is 20.6. The van der Waals surface area contributed by atoms with Crippen LogP contribution in [0.3, 0.4) is 0 Å². The predicted octanol–water partition coefficient (Wildman–Crippen LogP) is 12.4. The van der Waals surface area contributed by atoms with Gasteiger partial charge >= 0.3 is 27.1 Å². The smallest absolute Gasteiger partial charge is 0.459 e. The SMILES string of the molecule is CC(C)c1cccc(C(C)C)c1B1N(C)c2ccc[c-]c2-c2nccn21.[Ir+3].[c-]1ccccc1N1[CH-]n2c3ccccc3c3ccccc3c3ccccc3c3cccc1c32. The van der Waals surface area contributed by atoms with Crippen LogP contribution in [0, 0.1) is 18.8 Å². The van der Waals surface area contributed by atoms with Gasteiger partial charge in [0, 0.05) is 23.9 Å². The Morgan fingerprint density at radius 2 is 1.15 bits per heavy atom. The number of aromatic nitrogens is 3. The summed E-state index contributed by atoms with van der Waals surface area (Å²) < 4.78 is 4.64. The summed E-state index contributed by atoms with van der Waals surface area (Å²) in [5.74, 6) is 1.93. The minimum atomic E-state index is 0. The monoisotopic (exact) mass is 955 g/mol. The van der Waals surface area contributed by atoms with Gasteiger partial charge in [0.1, 0.15) is 0 Å². The first-order valence-corrected chi connectivity index (χ1v) is 20.6. The summed E-state index contributed by atoms with van der Waals surface area (Å²) >= 11 is 0. The Hall–Kier alpha value is -6.27. The summed E-state index contributed by atoms with van der Waals surface area (Å²) in [4.78, 5) is 9.27. The molecular weight excluding hydrogens is 910 g/mol. The van der Waals surface area contributed by atoms with Crippen molar-refractivity contribution in [3.63, 3.8) is 0 Å². The molecule has 0 saturated heterocycles. The van der Waals surface area contributed by atoms with Crippen molar-refractivity contribution in [1.29, 1.82) is 0 Å². The first-order chi connectivity index (χ1) is 28.9. The summed E-state index contributed by atoms with van der Waals surface area (Å²) in [7, 11) is 2.18. The van der Waals surface area contributed by atoms with Gasteiger partial charge in [-0.05, 0) is 86.0 Å². The Labute approximate surface area is 366 Å². The third-order valence-corrected chi connectivity index (χ3v) is 12.0. The number of hydrogen-bond donors (Lipinski definition) is 0. The standard InChI is InChI=1S/C31H20N2.C22H25BN3.Ir/c1-2-11-22(12-3-1)32-21-33-29-19-9-8-17-27(29)25-15-6-4-13-23(25)24-14-5-7-16-26(24)28-18-10-20-30(32)31(28)33;1-15(2)17-10-8-11-18(16(3)4)21(17)23-25(5)20-12-7-6-9-19(20)22-24-13-14-26(22)23;/h1-11,13-21H;6-8,10-16H,1-5H3;/q-2;-1;+3. The van der Waals surface area contributed by atoms with Gasteiger partial charge in [0.25, 0.3) is 0 Å². The second-order valence-corrected chi connectivity index (χ2v) is 16.1. The summed E-state index contributed by atoms with van der Waals surface area (Å²) in [6, 6.07) is 60.7. The number of nitrogens with zero attached hydrogens (tertiary/aromatic N) is 5. The summed E-state index contributed by atoms with van der Waals surface area (Å²) in [5, 5.41) is 7.44. The van der Waals surface area contributed by atoms with Crippen LogP contribution in [0.1, 0.15) is 50.7 Å². The molecule has 60 heavy (non-hydrogen) atoms. The van der Waals surface area contributed by atoms with E-state index in [-0.39, 0.29) is 27.1 Å². The Morgan fingerprint density at radius 3 is 1.82 bits per heavy atom. The van der Waals surface area contributed by atoms with Gasteiger partial charge in [0.05, 0.1) is 0 Å². The molecular formula is C53H45BIrN5. The van der Waals surface area contributed by atoms with Gasteiger partial charge in [-0.25, -0.2) is 0 Å². The van der Waals surface area contributed by atoms with E-state index in [9.17, 15) is 0 Å². The molecule has 0 saturated carbocycles. The van der Waals surface area contributed by atoms with Crippen molar-refractivity contribution in [2.75, 3.05) is 16.8 Å². The van der Waals surface area contributed by atoms with Gasteiger partial charge in [-0.15, -0.1) is 30.3 Å². The summed E-state index contributed by atoms with van der Waals surface area (Å²) in [6.07, 6.45) is 4.00. The van der Waals surface area contributed by atoms with E-state index in [0.717, 1.165) is 22.8 Å². The number of para-hydroxylation sites is 3. The molecule has 0 fully saturated rings. The van der Waals surface area contributed by atoms with E-state index in [1.54, 1.807) is 0 Å². The Kier molecular flexibility index (Phi) is 10.5. The van der Waals surface area contributed by atoms with E-state index in [1.807, 2.05) is 24.4 Å². The number of hydrogen-bond acceptors (Lipinski definition) is 3.